The number of halogens is 4. The third kappa shape index (κ3) is 6.84. The van der Waals surface area contributed by atoms with Gasteiger partial charge in [0.25, 0.3) is 0 Å². The highest BCUT2D eigenvalue weighted by molar-refractivity contribution is 8.00. The first-order valence-corrected chi connectivity index (χ1v) is 9.65. The van der Waals surface area contributed by atoms with Gasteiger partial charge in [-0.05, 0) is 42.6 Å². The standard InChI is InChI=1S/C19H23F3N4S.ClH/c1-25-9-11-26(12-10-25)18-16(3-2-8-24-18)14-23-13-15-4-6-17(7-5-15)27-19(20,21)22;/h2-8,23H,9-14H2,1H3;1H. The van der Waals surface area contributed by atoms with Crippen LogP contribution < -0.4 is 10.2 Å². The van der Waals surface area contributed by atoms with E-state index >= 15 is 0 Å². The van der Waals surface area contributed by atoms with Crippen LogP contribution in [0.4, 0.5) is 19.0 Å². The minimum atomic E-state index is -4.25. The van der Waals surface area contributed by atoms with E-state index in [-0.39, 0.29) is 29.1 Å². The van der Waals surface area contributed by atoms with Gasteiger partial charge in [-0.15, -0.1) is 12.4 Å². The van der Waals surface area contributed by atoms with Gasteiger partial charge in [-0.2, -0.15) is 13.2 Å². The summed E-state index contributed by atoms with van der Waals surface area (Å²) < 4.78 is 37.1. The zero-order valence-corrected chi connectivity index (χ0v) is 17.2. The molecule has 1 aromatic carbocycles. The Hall–Kier alpha value is -1.48. The predicted octanol–water partition coefficient (Wildman–Crippen LogP) is 4.16. The normalized spacial score (nSPS) is 15.4. The van der Waals surface area contributed by atoms with Crippen molar-refractivity contribution < 1.29 is 13.2 Å². The first-order chi connectivity index (χ1) is 12.9. The molecule has 3 rings (SSSR count). The second-order valence-electron chi connectivity index (χ2n) is 6.57. The van der Waals surface area contributed by atoms with Crippen LogP contribution in [0.3, 0.4) is 0 Å². The van der Waals surface area contributed by atoms with E-state index in [1.807, 2.05) is 12.3 Å². The molecule has 2 aromatic rings. The number of benzene rings is 1. The molecule has 0 spiro atoms. The fourth-order valence-corrected chi connectivity index (χ4v) is 3.56. The second-order valence-corrected chi connectivity index (χ2v) is 7.71. The van der Waals surface area contributed by atoms with E-state index in [9.17, 15) is 13.2 Å². The highest BCUT2D eigenvalue weighted by Crippen LogP contribution is 2.36. The highest BCUT2D eigenvalue weighted by Gasteiger charge is 2.29. The van der Waals surface area contributed by atoms with Gasteiger partial charge in [0.05, 0.1) is 0 Å². The molecule has 4 nitrogen and oxygen atoms in total. The van der Waals surface area contributed by atoms with Crippen molar-refractivity contribution in [2.24, 2.45) is 0 Å². The van der Waals surface area contributed by atoms with E-state index < -0.39 is 5.51 Å². The summed E-state index contributed by atoms with van der Waals surface area (Å²) in [6.07, 6.45) is 1.81. The van der Waals surface area contributed by atoms with Gasteiger partial charge in [-0.1, -0.05) is 18.2 Å². The molecule has 0 atom stereocenters. The first-order valence-electron chi connectivity index (χ1n) is 8.83. The molecule has 9 heteroatoms. The van der Waals surface area contributed by atoms with Gasteiger partial charge in [-0.25, -0.2) is 4.98 Å². The fraction of sp³-hybridized carbons (Fsp3) is 0.421. The van der Waals surface area contributed by atoms with Crippen molar-refractivity contribution in [2.45, 2.75) is 23.5 Å². The maximum Gasteiger partial charge on any atom is 0.446 e. The van der Waals surface area contributed by atoms with Crippen molar-refractivity contribution in [3.05, 3.63) is 53.7 Å². The molecular weight excluding hydrogens is 409 g/mol. The molecule has 0 bridgehead atoms. The van der Waals surface area contributed by atoms with E-state index in [1.54, 1.807) is 12.1 Å². The van der Waals surface area contributed by atoms with Gasteiger partial charge in [0.15, 0.2) is 0 Å². The molecular formula is C19H24ClF3N4S. The number of alkyl halides is 3. The fourth-order valence-electron chi connectivity index (χ4n) is 3.02. The predicted molar refractivity (Wildman–Crippen MR) is 110 cm³/mol. The van der Waals surface area contributed by atoms with Crippen molar-refractivity contribution >= 4 is 30.0 Å². The van der Waals surface area contributed by atoms with Crippen molar-refractivity contribution in [1.82, 2.24) is 15.2 Å². The molecule has 2 heterocycles. The number of nitrogens with zero attached hydrogens (tertiary/aromatic N) is 3. The summed E-state index contributed by atoms with van der Waals surface area (Å²) >= 11 is -0.0896. The summed E-state index contributed by atoms with van der Waals surface area (Å²) in [5.74, 6) is 1.01. The minimum absolute atomic E-state index is 0. The van der Waals surface area contributed by atoms with Gasteiger partial charge < -0.3 is 15.1 Å². The number of aromatic nitrogens is 1. The number of pyridine rings is 1. The van der Waals surface area contributed by atoms with Crippen molar-refractivity contribution in [3.8, 4) is 0 Å². The number of anilines is 1. The molecule has 0 saturated carbocycles. The van der Waals surface area contributed by atoms with E-state index in [1.165, 1.54) is 12.1 Å². The Balaban J connectivity index is 0.00000280. The summed E-state index contributed by atoms with van der Waals surface area (Å²) in [5, 5.41) is 3.37. The average molecular weight is 433 g/mol. The van der Waals surface area contributed by atoms with Crippen LogP contribution >= 0.6 is 24.2 Å². The molecule has 28 heavy (non-hydrogen) atoms. The SMILES string of the molecule is CN1CCN(c2ncccc2CNCc2ccc(SC(F)(F)F)cc2)CC1.Cl. The lowest BCUT2D eigenvalue weighted by atomic mass is 10.2. The summed E-state index contributed by atoms with van der Waals surface area (Å²) in [4.78, 5) is 9.37. The lowest BCUT2D eigenvalue weighted by Gasteiger charge is -2.34. The van der Waals surface area contributed by atoms with E-state index in [4.69, 9.17) is 0 Å². The van der Waals surface area contributed by atoms with Gasteiger partial charge >= 0.3 is 5.51 Å². The quantitative estimate of drug-likeness (QED) is 0.693. The van der Waals surface area contributed by atoms with E-state index in [2.05, 4.69) is 33.2 Å². The Morgan fingerprint density at radius 1 is 1.04 bits per heavy atom. The number of hydrogen-bond acceptors (Lipinski definition) is 5. The summed E-state index contributed by atoms with van der Waals surface area (Å²) in [6.45, 7) is 5.21. The lowest BCUT2D eigenvalue weighted by Crippen LogP contribution is -2.45. The minimum Gasteiger partial charge on any atom is -0.354 e. The van der Waals surface area contributed by atoms with E-state index in [0.29, 0.717) is 13.1 Å². The first kappa shape index (κ1) is 22.8. The third-order valence-corrected chi connectivity index (χ3v) is 5.21. The number of hydrogen-bond donors (Lipinski definition) is 1. The molecule has 0 unspecified atom stereocenters. The van der Waals surface area contributed by atoms with Crippen LogP contribution in [-0.2, 0) is 13.1 Å². The highest BCUT2D eigenvalue weighted by atomic mass is 35.5. The molecule has 1 aliphatic heterocycles. The van der Waals surface area contributed by atoms with Crippen molar-refractivity contribution in [2.75, 3.05) is 38.1 Å². The Morgan fingerprint density at radius 3 is 2.36 bits per heavy atom. The molecule has 0 aliphatic carbocycles. The van der Waals surface area contributed by atoms with Crippen molar-refractivity contribution in [1.29, 1.82) is 0 Å². The van der Waals surface area contributed by atoms with Crippen LogP contribution in [0.25, 0.3) is 0 Å². The summed E-state index contributed by atoms with van der Waals surface area (Å²) in [7, 11) is 2.12. The van der Waals surface area contributed by atoms with Crippen LogP contribution in [0, 0.1) is 0 Å². The van der Waals surface area contributed by atoms with Gasteiger partial charge in [0, 0.05) is 55.9 Å². The van der Waals surface area contributed by atoms with Gasteiger partial charge in [0.1, 0.15) is 5.82 Å². The maximum atomic E-state index is 12.4. The van der Waals surface area contributed by atoms with E-state index in [0.717, 1.165) is 43.1 Å². The Morgan fingerprint density at radius 2 is 1.71 bits per heavy atom. The molecule has 0 radical (unpaired) electrons. The van der Waals surface area contributed by atoms with Crippen LogP contribution in [0.15, 0.2) is 47.5 Å². The zero-order chi connectivity index (χ0) is 19.3. The number of rotatable bonds is 6. The molecule has 1 fully saturated rings. The van der Waals surface area contributed by atoms with Crippen LogP contribution in [0.5, 0.6) is 0 Å². The Kier molecular flexibility index (Phi) is 8.42. The zero-order valence-electron chi connectivity index (χ0n) is 15.6. The Bertz CT molecular complexity index is 735. The molecule has 1 aromatic heterocycles. The molecule has 1 aliphatic rings. The lowest BCUT2D eigenvalue weighted by molar-refractivity contribution is -0.0328. The van der Waals surface area contributed by atoms with Crippen LogP contribution in [-0.4, -0.2) is 48.6 Å². The van der Waals surface area contributed by atoms with Crippen LogP contribution in [0.2, 0.25) is 0 Å². The number of thioether (sulfide) groups is 1. The van der Waals surface area contributed by atoms with Crippen LogP contribution in [0.1, 0.15) is 11.1 Å². The summed E-state index contributed by atoms with van der Waals surface area (Å²) in [5.41, 5.74) is -2.17. The molecule has 154 valence electrons. The van der Waals surface area contributed by atoms with Gasteiger partial charge in [-0.3, -0.25) is 0 Å². The average Bonchev–Trinajstić information content (AvgIpc) is 2.63. The van der Waals surface area contributed by atoms with Gasteiger partial charge in [0.2, 0.25) is 0 Å². The largest absolute Gasteiger partial charge is 0.446 e. The summed E-state index contributed by atoms with van der Waals surface area (Å²) in [6, 6.07) is 10.5. The third-order valence-electron chi connectivity index (χ3n) is 4.47. The second kappa shape index (κ2) is 10.3. The van der Waals surface area contributed by atoms with Crippen molar-refractivity contribution in [3.63, 3.8) is 0 Å². The smallest absolute Gasteiger partial charge is 0.354 e. The number of piperazine rings is 1. The number of nitrogens with one attached hydrogen (secondary N) is 1. The monoisotopic (exact) mass is 432 g/mol. The maximum absolute atomic E-state index is 12.4. The molecule has 0 amide bonds. The molecule has 1 N–H and O–H groups in total. The molecule has 1 saturated heterocycles. The Labute approximate surface area is 173 Å². The topological polar surface area (TPSA) is 31.4 Å². The number of likely N-dealkylation sites (N-methyl/N-ethyl adjacent to an activating group) is 1.